The number of piperidine rings is 1. The van der Waals surface area contributed by atoms with Crippen molar-refractivity contribution < 1.29 is 18.0 Å². The van der Waals surface area contributed by atoms with Crippen LogP contribution in [0, 0.1) is 5.92 Å². The first-order chi connectivity index (χ1) is 8.21. The molecule has 1 aliphatic heterocycles. The minimum atomic E-state index is -3.43. The number of nitrogens with zero attached hydrogens (tertiary/aromatic N) is 1. The van der Waals surface area contributed by atoms with E-state index in [1.807, 2.05) is 0 Å². The first-order valence-electron chi connectivity index (χ1n) is 5.76. The van der Waals surface area contributed by atoms with E-state index >= 15 is 0 Å². The van der Waals surface area contributed by atoms with Gasteiger partial charge in [-0.2, -0.15) is 4.31 Å². The summed E-state index contributed by atoms with van der Waals surface area (Å²) in [5.74, 6) is -0.937. The maximum absolute atomic E-state index is 11.5. The summed E-state index contributed by atoms with van der Waals surface area (Å²) in [6.07, 6.45) is 2.85. The Balaban J connectivity index is 2.71. The number of carbonyl (C=O) groups excluding carboxylic acids is 2. The van der Waals surface area contributed by atoms with Crippen LogP contribution in [0.4, 0.5) is 0 Å². The molecule has 0 spiro atoms. The normalized spacial score (nSPS) is 25.8. The highest BCUT2D eigenvalue weighted by atomic mass is 32.2. The zero-order chi connectivity index (χ0) is 13.9. The largest absolute Gasteiger partial charge is 0.370 e. The molecule has 18 heavy (non-hydrogen) atoms. The molecular weight excluding hydrogens is 258 g/mol. The second-order valence-electron chi connectivity index (χ2n) is 4.69. The molecule has 0 unspecified atom stereocenters. The highest BCUT2D eigenvalue weighted by Gasteiger charge is 2.36. The molecule has 1 fully saturated rings. The maximum atomic E-state index is 11.5. The van der Waals surface area contributed by atoms with Gasteiger partial charge >= 0.3 is 0 Å². The van der Waals surface area contributed by atoms with Crippen molar-refractivity contribution in [3.8, 4) is 0 Å². The van der Waals surface area contributed by atoms with Gasteiger partial charge in [0.05, 0.1) is 6.26 Å². The fraction of sp³-hybridized carbons (Fsp3) is 0.800. The first kappa shape index (κ1) is 14.9. The van der Waals surface area contributed by atoms with Gasteiger partial charge in [-0.1, -0.05) is 0 Å². The smallest absolute Gasteiger partial charge is 0.235 e. The molecule has 2 atom stereocenters. The van der Waals surface area contributed by atoms with Gasteiger partial charge in [0, 0.05) is 13.0 Å². The average Bonchev–Trinajstić information content (AvgIpc) is 2.24. The number of hydrogen-bond acceptors (Lipinski definition) is 4. The molecule has 1 heterocycles. The molecule has 8 heteroatoms. The third kappa shape index (κ3) is 3.95. The summed E-state index contributed by atoms with van der Waals surface area (Å²) in [6.45, 7) is 0.260. The van der Waals surface area contributed by atoms with Gasteiger partial charge in [0.15, 0.2) is 0 Å². The van der Waals surface area contributed by atoms with Crippen LogP contribution in [-0.2, 0) is 19.6 Å². The van der Waals surface area contributed by atoms with Crippen LogP contribution in [0.3, 0.4) is 0 Å². The highest BCUT2D eigenvalue weighted by molar-refractivity contribution is 7.88. The third-order valence-corrected chi connectivity index (χ3v) is 4.50. The summed E-state index contributed by atoms with van der Waals surface area (Å²) in [4.78, 5) is 22.0. The van der Waals surface area contributed by atoms with Crippen molar-refractivity contribution in [2.75, 3.05) is 12.8 Å². The van der Waals surface area contributed by atoms with Gasteiger partial charge in [-0.05, 0) is 25.2 Å². The van der Waals surface area contributed by atoms with Gasteiger partial charge in [-0.15, -0.1) is 0 Å². The quantitative estimate of drug-likeness (QED) is 0.653. The molecule has 7 nitrogen and oxygen atoms in total. The zero-order valence-electron chi connectivity index (χ0n) is 10.3. The van der Waals surface area contributed by atoms with E-state index in [1.54, 1.807) is 0 Å². The van der Waals surface area contributed by atoms with Gasteiger partial charge in [0.1, 0.15) is 6.04 Å². The number of hydrogen-bond donors (Lipinski definition) is 2. The van der Waals surface area contributed by atoms with E-state index in [1.165, 1.54) is 0 Å². The molecule has 0 aromatic rings. The van der Waals surface area contributed by atoms with Crippen molar-refractivity contribution in [1.82, 2.24) is 4.31 Å². The predicted octanol–water partition coefficient (Wildman–Crippen LogP) is -1.22. The van der Waals surface area contributed by atoms with Crippen LogP contribution in [0.5, 0.6) is 0 Å². The molecule has 1 aliphatic rings. The lowest BCUT2D eigenvalue weighted by atomic mass is 9.88. The van der Waals surface area contributed by atoms with E-state index in [2.05, 4.69) is 0 Å². The van der Waals surface area contributed by atoms with Crippen molar-refractivity contribution in [2.24, 2.45) is 17.4 Å². The Morgan fingerprint density at radius 2 is 1.94 bits per heavy atom. The van der Waals surface area contributed by atoms with Crippen LogP contribution < -0.4 is 11.5 Å². The van der Waals surface area contributed by atoms with E-state index in [0.717, 1.165) is 10.6 Å². The Labute approximate surface area is 107 Å². The molecule has 0 aromatic heterocycles. The standard InChI is InChI=1S/C10H19N3O4S/c1-18(16,17)13-5-4-7(2-3-9(11)14)6-8(13)10(12)15/h7-8H,2-6H2,1H3,(H2,11,14)(H2,12,15)/t7-,8+/m0/s1. The van der Waals surface area contributed by atoms with Crippen molar-refractivity contribution >= 4 is 21.8 Å². The second-order valence-corrected chi connectivity index (χ2v) is 6.62. The topological polar surface area (TPSA) is 124 Å². The van der Waals surface area contributed by atoms with Crippen LogP contribution in [0.2, 0.25) is 0 Å². The average molecular weight is 277 g/mol. The summed E-state index contributed by atoms with van der Waals surface area (Å²) in [6, 6.07) is -0.813. The first-order valence-corrected chi connectivity index (χ1v) is 7.61. The third-order valence-electron chi connectivity index (χ3n) is 3.22. The van der Waals surface area contributed by atoms with Gasteiger partial charge in [-0.25, -0.2) is 8.42 Å². The second kappa shape index (κ2) is 5.66. The highest BCUT2D eigenvalue weighted by Crippen LogP contribution is 2.28. The lowest BCUT2D eigenvalue weighted by Gasteiger charge is -2.35. The summed E-state index contributed by atoms with van der Waals surface area (Å²) in [7, 11) is -3.43. The van der Waals surface area contributed by atoms with Gasteiger partial charge in [0.2, 0.25) is 21.8 Å². The molecule has 2 amide bonds. The van der Waals surface area contributed by atoms with Crippen molar-refractivity contribution in [2.45, 2.75) is 31.7 Å². The summed E-state index contributed by atoms with van der Waals surface area (Å²) in [5.41, 5.74) is 10.3. The minimum Gasteiger partial charge on any atom is -0.370 e. The lowest BCUT2D eigenvalue weighted by Crippen LogP contribution is -2.52. The number of primary amides is 2. The van der Waals surface area contributed by atoms with E-state index in [0.29, 0.717) is 19.3 Å². The SMILES string of the molecule is CS(=O)(=O)N1CC[C@H](CCC(N)=O)C[C@@H]1C(N)=O. The van der Waals surface area contributed by atoms with Crippen LogP contribution in [0.1, 0.15) is 25.7 Å². The monoisotopic (exact) mass is 277 g/mol. The van der Waals surface area contributed by atoms with E-state index < -0.39 is 27.9 Å². The Bertz CT molecular complexity index is 434. The fourth-order valence-electron chi connectivity index (χ4n) is 2.28. The summed E-state index contributed by atoms with van der Waals surface area (Å²) >= 11 is 0. The van der Waals surface area contributed by atoms with E-state index in [-0.39, 0.29) is 18.9 Å². The molecule has 0 bridgehead atoms. The Kier molecular flexibility index (Phi) is 4.69. The van der Waals surface area contributed by atoms with E-state index in [4.69, 9.17) is 11.5 Å². The molecule has 0 aromatic carbocycles. The van der Waals surface area contributed by atoms with Crippen LogP contribution in [0.15, 0.2) is 0 Å². The molecule has 1 rings (SSSR count). The maximum Gasteiger partial charge on any atom is 0.235 e. The van der Waals surface area contributed by atoms with Gasteiger partial charge in [-0.3, -0.25) is 9.59 Å². The van der Waals surface area contributed by atoms with Crippen LogP contribution >= 0.6 is 0 Å². The molecule has 0 saturated carbocycles. The van der Waals surface area contributed by atoms with Gasteiger partial charge in [0.25, 0.3) is 0 Å². The predicted molar refractivity (Wildman–Crippen MR) is 65.7 cm³/mol. The van der Waals surface area contributed by atoms with Crippen molar-refractivity contribution in [3.05, 3.63) is 0 Å². The molecule has 1 saturated heterocycles. The summed E-state index contributed by atoms with van der Waals surface area (Å²) in [5, 5.41) is 0. The van der Waals surface area contributed by atoms with Crippen LogP contribution in [-0.4, -0.2) is 43.4 Å². The molecule has 0 radical (unpaired) electrons. The number of nitrogens with two attached hydrogens (primary N) is 2. The lowest BCUT2D eigenvalue weighted by molar-refractivity contribution is -0.123. The van der Waals surface area contributed by atoms with Crippen molar-refractivity contribution in [3.63, 3.8) is 0 Å². The molecular formula is C10H19N3O4S. The Hall–Kier alpha value is -1.15. The van der Waals surface area contributed by atoms with Crippen LogP contribution in [0.25, 0.3) is 0 Å². The Morgan fingerprint density at radius 1 is 1.33 bits per heavy atom. The molecule has 4 N–H and O–H groups in total. The van der Waals surface area contributed by atoms with E-state index in [9.17, 15) is 18.0 Å². The van der Waals surface area contributed by atoms with Gasteiger partial charge < -0.3 is 11.5 Å². The van der Waals surface area contributed by atoms with Crippen molar-refractivity contribution in [1.29, 1.82) is 0 Å². The number of sulfonamides is 1. The fourth-order valence-corrected chi connectivity index (χ4v) is 3.37. The zero-order valence-corrected chi connectivity index (χ0v) is 11.1. The number of amides is 2. The molecule has 0 aliphatic carbocycles. The summed E-state index contributed by atoms with van der Waals surface area (Å²) < 4.78 is 24.2. The molecule has 104 valence electrons. The number of rotatable bonds is 5. The number of carbonyl (C=O) groups is 2. The Morgan fingerprint density at radius 3 is 2.39 bits per heavy atom. The minimum absolute atomic E-state index is 0.105.